The quantitative estimate of drug-likeness (QED) is 0.732. The molecular weight excluding hydrogens is 319 g/mol. The van der Waals surface area contributed by atoms with Crippen LogP contribution >= 0.6 is 0 Å². The summed E-state index contributed by atoms with van der Waals surface area (Å²) in [6.45, 7) is 2.86. The molecule has 0 saturated carbocycles. The Hall–Kier alpha value is -3.09. The molecule has 4 rings (SSSR count). The first-order valence-electron chi connectivity index (χ1n) is 8.10. The van der Waals surface area contributed by atoms with Gasteiger partial charge in [0.2, 0.25) is 5.95 Å². The van der Waals surface area contributed by atoms with Gasteiger partial charge in [-0.3, -0.25) is 4.98 Å². The van der Waals surface area contributed by atoms with Crippen molar-refractivity contribution in [3.8, 4) is 0 Å². The Morgan fingerprint density at radius 1 is 0.960 bits per heavy atom. The maximum Gasteiger partial charge on any atom is 0.225 e. The van der Waals surface area contributed by atoms with Crippen molar-refractivity contribution in [1.82, 2.24) is 19.9 Å². The van der Waals surface area contributed by atoms with E-state index in [2.05, 4.69) is 37.0 Å². The Morgan fingerprint density at radius 2 is 1.80 bits per heavy atom. The van der Waals surface area contributed by atoms with E-state index in [0.717, 1.165) is 36.6 Å². The molecule has 0 aromatic carbocycles. The normalized spacial score (nSPS) is 14.1. The highest BCUT2D eigenvalue weighted by molar-refractivity contribution is 5.51. The Kier molecular flexibility index (Phi) is 4.20. The summed E-state index contributed by atoms with van der Waals surface area (Å²) >= 11 is 0. The van der Waals surface area contributed by atoms with E-state index in [-0.39, 0.29) is 0 Å². The number of aromatic nitrogens is 4. The molecule has 126 valence electrons. The molecule has 0 spiro atoms. The lowest BCUT2D eigenvalue weighted by molar-refractivity contribution is 0.610. The average molecular weight is 336 g/mol. The molecule has 0 saturated heterocycles. The summed E-state index contributed by atoms with van der Waals surface area (Å²) in [5.41, 5.74) is 2.22. The number of halogens is 1. The molecule has 0 bridgehead atoms. The zero-order valence-electron chi connectivity index (χ0n) is 13.6. The number of anilines is 2. The van der Waals surface area contributed by atoms with Crippen molar-refractivity contribution in [2.45, 2.75) is 13.1 Å². The third-order valence-electron chi connectivity index (χ3n) is 4.15. The topological polar surface area (TPSA) is 58.0 Å². The van der Waals surface area contributed by atoms with Crippen LogP contribution in [0.15, 0.2) is 55.2 Å². The largest absolute Gasteiger partial charge is 0.350 e. The zero-order valence-corrected chi connectivity index (χ0v) is 13.6. The molecule has 0 aliphatic carbocycles. The highest BCUT2D eigenvalue weighted by atomic mass is 19.1. The van der Waals surface area contributed by atoms with Crippen LogP contribution in [0.25, 0.3) is 0 Å². The fourth-order valence-electron chi connectivity index (χ4n) is 2.98. The van der Waals surface area contributed by atoms with Crippen LogP contribution in [0.5, 0.6) is 0 Å². The van der Waals surface area contributed by atoms with E-state index >= 15 is 0 Å². The summed E-state index contributed by atoms with van der Waals surface area (Å²) < 4.78 is 13.1. The lowest BCUT2D eigenvalue weighted by atomic mass is 10.2. The second kappa shape index (κ2) is 6.80. The van der Waals surface area contributed by atoms with Crippen LogP contribution in [0.3, 0.4) is 0 Å². The van der Waals surface area contributed by atoms with Crippen molar-refractivity contribution >= 4 is 11.8 Å². The minimum absolute atomic E-state index is 0.432. The van der Waals surface area contributed by atoms with E-state index in [0.29, 0.717) is 12.5 Å². The number of hydrogen-bond acceptors (Lipinski definition) is 6. The van der Waals surface area contributed by atoms with Crippen molar-refractivity contribution in [1.29, 1.82) is 0 Å². The lowest BCUT2D eigenvalue weighted by Crippen LogP contribution is -2.32. The predicted octanol–water partition coefficient (Wildman–Crippen LogP) is 2.43. The number of hydrogen-bond donors (Lipinski definition) is 0. The molecule has 0 N–H and O–H groups in total. The molecule has 0 unspecified atom stereocenters. The molecule has 0 atom stereocenters. The number of pyridine rings is 2. The molecule has 7 heteroatoms. The fourth-order valence-corrected chi connectivity index (χ4v) is 2.98. The summed E-state index contributed by atoms with van der Waals surface area (Å²) in [5.74, 6) is 1.05. The minimum atomic E-state index is -0.432. The Balaban J connectivity index is 1.63. The molecule has 0 amide bonds. The van der Waals surface area contributed by atoms with Gasteiger partial charge in [0.25, 0.3) is 0 Å². The standard InChI is InChI=1S/C18H17FN6/c19-16-10-22-18(23-11-16)25-8-7-24(12-14-3-1-5-20-9-14)17-15(13-25)4-2-6-21-17/h1-6,9-11H,7-8,12-13H2. The monoisotopic (exact) mass is 336 g/mol. The molecule has 0 radical (unpaired) electrons. The Morgan fingerprint density at radius 3 is 2.60 bits per heavy atom. The second-order valence-corrected chi connectivity index (χ2v) is 5.89. The number of fused-ring (bicyclic) bond motifs is 1. The van der Waals surface area contributed by atoms with Crippen molar-refractivity contribution in [2.24, 2.45) is 0 Å². The molecule has 1 aliphatic rings. The van der Waals surface area contributed by atoms with E-state index in [4.69, 9.17) is 0 Å². The van der Waals surface area contributed by atoms with Gasteiger partial charge in [-0.05, 0) is 17.7 Å². The first-order chi connectivity index (χ1) is 12.3. The molecule has 1 aliphatic heterocycles. The summed E-state index contributed by atoms with van der Waals surface area (Å²) in [6, 6.07) is 7.98. The summed E-state index contributed by atoms with van der Waals surface area (Å²) in [5, 5.41) is 0. The van der Waals surface area contributed by atoms with Gasteiger partial charge in [-0.25, -0.2) is 19.3 Å². The van der Waals surface area contributed by atoms with Crippen LogP contribution in [0, 0.1) is 5.82 Å². The van der Waals surface area contributed by atoms with E-state index in [1.807, 2.05) is 23.2 Å². The number of rotatable bonds is 3. The maximum absolute atomic E-state index is 13.1. The van der Waals surface area contributed by atoms with E-state index in [1.165, 1.54) is 12.4 Å². The van der Waals surface area contributed by atoms with E-state index in [9.17, 15) is 4.39 Å². The SMILES string of the molecule is Fc1cnc(N2CCN(Cc3cccnc3)c3ncccc3C2)nc1. The highest BCUT2D eigenvalue weighted by Crippen LogP contribution is 2.25. The predicted molar refractivity (Wildman–Crippen MR) is 92.6 cm³/mol. The second-order valence-electron chi connectivity index (χ2n) is 5.89. The van der Waals surface area contributed by atoms with Crippen LogP contribution in [-0.4, -0.2) is 33.0 Å². The molecule has 3 aromatic heterocycles. The van der Waals surface area contributed by atoms with Crippen molar-refractivity contribution < 1.29 is 4.39 Å². The van der Waals surface area contributed by atoms with Crippen molar-refractivity contribution in [3.63, 3.8) is 0 Å². The molecule has 3 aromatic rings. The van der Waals surface area contributed by atoms with Crippen LogP contribution in [0.2, 0.25) is 0 Å². The van der Waals surface area contributed by atoms with Crippen LogP contribution in [0.1, 0.15) is 11.1 Å². The first kappa shape index (κ1) is 15.4. The molecule has 6 nitrogen and oxygen atoms in total. The maximum atomic E-state index is 13.1. The number of nitrogens with zero attached hydrogens (tertiary/aromatic N) is 6. The van der Waals surface area contributed by atoms with Gasteiger partial charge in [0.05, 0.1) is 12.4 Å². The molecule has 4 heterocycles. The Bertz CT molecular complexity index is 840. The van der Waals surface area contributed by atoms with Gasteiger partial charge in [0, 0.05) is 50.3 Å². The average Bonchev–Trinajstić information content (AvgIpc) is 2.83. The first-order valence-corrected chi connectivity index (χ1v) is 8.10. The summed E-state index contributed by atoms with van der Waals surface area (Å²) in [6.07, 6.45) is 7.84. The van der Waals surface area contributed by atoms with Gasteiger partial charge in [-0.1, -0.05) is 12.1 Å². The van der Waals surface area contributed by atoms with Crippen LogP contribution in [0.4, 0.5) is 16.2 Å². The Labute approximate surface area is 145 Å². The zero-order chi connectivity index (χ0) is 17.1. The van der Waals surface area contributed by atoms with Gasteiger partial charge in [-0.2, -0.15) is 0 Å². The smallest absolute Gasteiger partial charge is 0.225 e. The minimum Gasteiger partial charge on any atom is -0.350 e. The third kappa shape index (κ3) is 3.40. The van der Waals surface area contributed by atoms with Gasteiger partial charge in [0.1, 0.15) is 5.82 Å². The molecule has 25 heavy (non-hydrogen) atoms. The fraction of sp³-hybridized carbons (Fsp3) is 0.222. The lowest BCUT2D eigenvalue weighted by Gasteiger charge is -2.23. The third-order valence-corrected chi connectivity index (χ3v) is 4.15. The van der Waals surface area contributed by atoms with Gasteiger partial charge in [0.15, 0.2) is 5.82 Å². The highest BCUT2D eigenvalue weighted by Gasteiger charge is 2.22. The van der Waals surface area contributed by atoms with Gasteiger partial charge in [-0.15, -0.1) is 0 Å². The van der Waals surface area contributed by atoms with Gasteiger partial charge < -0.3 is 9.80 Å². The van der Waals surface area contributed by atoms with Gasteiger partial charge >= 0.3 is 0 Å². The molecular formula is C18H17FN6. The van der Waals surface area contributed by atoms with Crippen molar-refractivity contribution in [2.75, 3.05) is 22.9 Å². The van der Waals surface area contributed by atoms with E-state index < -0.39 is 5.82 Å². The van der Waals surface area contributed by atoms with Crippen LogP contribution in [-0.2, 0) is 13.1 Å². The van der Waals surface area contributed by atoms with E-state index in [1.54, 1.807) is 12.4 Å². The van der Waals surface area contributed by atoms with Crippen LogP contribution < -0.4 is 9.80 Å². The molecule has 0 fully saturated rings. The summed E-state index contributed by atoms with van der Waals surface area (Å²) in [4.78, 5) is 21.3. The van der Waals surface area contributed by atoms with Crippen molar-refractivity contribution in [3.05, 3.63) is 72.2 Å². The summed E-state index contributed by atoms with van der Waals surface area (Å²) in [7, 11) is 0.